The van der Waals surface area contributed by atoms with Crippen molar-refractivity contribution in [1.82, 2.24) is 0 Å². The summed E-state index contributed by atoms with van der Waals surface area (Å²) in [5.41, 5.74) is 0. The van der Waals surface area contributed by atoms with E-state index in [9.17, 15) is 9.59 Å². The molecule has 0 radical (unpaired) electrons. The minimum atomic E-state index is -0.0917. The number of ketones is 2. The molecule has 11 heavy (non-hydrogen) atoms. The first-order valence-corrected chi connectivity index (χ1v) is 3.88. The van der Waals surface area contributed by atoms with Gasteiger partial charge in [0.1, 0.15) is 5.78 Å². The number of hydrogen-bond acceptors (Lipinski definition) is 2. The average Bonchev–Trinajstić information content (AvgIpc) is 1.87. The van der Waals surface area contributed by atoms with Crippen molar-refractivity contribution in [1.29, 1.82) is 0 Å². The molecule has 0 rings (SSSR count). The summed E-state index contributed by atoms with van der Waals surface area (Å²) in [6, 6.07) is 0. The van der Waals surface area contributed by atoms with E-state index in [1.807, 2.05) is 6.92 Å². The lowest BCUT2D eigenvalue weighted by molar-refractivity contribution is -0.124. The van der Waals surface area contributed by atoms with Crippen molar-refractivity contribution < 1.29 is 9.59 Å². The van der Waals surface area contributed by atoms with Crippen LogP contribution in [0.25, 0.3) is 0 Å². The lowest BCUT2D eigenvalue weighted by Gasteiger charge is -1.92. The van der Waals surface area contributed by atoms with Gasteiger partial charge in [0.2, 0.25) is 0 Å². The predicted molar refractivity (Wildman–Crippen MR) is 44.4 cm³/mol. The summed E-state index contributed by atoms with van der Waals surface area (Å²) in [7, 11) is 0. The molecule has 0 saturated carbocycles. The Morgan fingerprint density at radius 3 is 2.45 bits per heavy atom. The molecule has 0 aliphatic rings. The zero-order valence-corrected chi connectivity index (χ0v) is 7.09. The van der Waals surface area contributed by atoms with Gasteiger partial charge in [-0.2, -0.15) is 0 Å². The van der Waals surface area contributed by atoms with Gasteiger partial charge in [-0.3, -0.25) is 9.59 Å². The molecule has 0 aromatic carbocycles. The van der Waals surface area contributed by atoms with Crippen molar-refractivity contribution in [3.63, 3.8) is 0 Å². The molecule has 0 amide bonds. The molecule has 0 aliphatic carbocycles. The van der Waals surface area contributed by atoms with E-state index in [0.29, 0.717) is 6.42 Å². The first kappa shape index (κ1) is 10.1. The Balaban J connectivity index is 3.66. The minimum Gasteiger partial charge on any atom is -0.299 e. The van der Waals surface area contributed by atoms with Gasteiger partial charge in [0.25, 0.3) is 0 Å². The number of carbonyl (C=O) groups excluding carboxylic acids is 2. The third kappa shape index (κ3) is 5.52. The standard InChI is InChI=1S/C9H14O2/c1-3-5-8(10)7-9(11)6-4-2/h3,5H,4,6-7H2,1-2H3/b5-3+. The fourth-order valence-electron chi connectivity index (χ4n) is 0.806. The molecule has 0 aliphatic heterocycles. The monoisotopic (exact) mass is 154 g/mol. The first-order valence-electron chi connectivity index (χ1n) is 3.88. The maximum absolute atomic E-state index is 10.9. The second-order valence-electron chi connectivity index (χ2n) is 2.43. The van der Waals surface area contributed by atoms with Gasteiger partial charge in [0, 0.05) is 6.42 Å². The molecule has 0 atom stereocenters. The van der Waals surface area contributed by atoms with Crippen LogP contribution in [0, 0.1) is 0 Å². The van der Waals surface area contributed by atoms with Crippen LogP contribution in [0.4, 0.5) is 0 Å². The van der Waals surface area contributed by atoms with Crippen molar-refractivity contribution in [2.24, 2.45) is 0 Å². The van der Waals surface area contributed by atoms with E-state index >= 15 is 0 Å². The molecule has 62 valence electrons. The van der Waals surface area contributed by atoms with Gasteiger partial charge >= 0.3 is 0 Å². The highest BCUT2D eigenvalue weighted by molar-refractivity contribution is 6.04. The molecule has 0 spiro atoms. The maximum Gasteiger partial charge on any atom is 0.162 e. The molecule has 0 unspecified atom stereocenters. The Labute approximate surface area is 67.3 Å². The summed E-state index contributed by atoms with van der Waals surface area (Å²) >= 11 is 0. The van der Waals surface area contributed by atoms with Crippen molar-refractivity contribution in [2.75, 3.05) is 0 Å². The van der Waals surface area contributed by atoms with Crippen LogP contribution in [0.15, 0.2) is 12.2 Å². The van der Waals surface area contributed by atoms with Gasteiger partial charge in [-0.1, -0.05) is 13.0 Å². The molecule has 0 heterocycles. The summed E-state index contributed by atoms with van der Waals surface area (Å²) in [6.07, 6.45) is 4.50. The third-order valence-corrected chi connectivity index (χ3v) is 1.25. The maximum atomic E-state index is 10.9. The minimum absolute atomic E-state index is 0.0376. The van der Waals surface area contributed by atoms with Gasteiger partial charge < -0.3 is 0 Å². The molecule has 0 saturated heterocycles. The molecule has 2 heteroatoms. The number of carbonyl (C=O) groups is 2. The van der Waals surface area contributed by atoms with E-state index in [4.69, 9.17) is 0 Å². The molecule has 0 N–H and O–H groups in total. The Hall–Kier alpha value is -0.920. The fourth-order valence-corrected chi connectivity index (χ4v) is 0.806. The summed E-state index contributed by atoms with van der Waals surface area (Å²) in [5, 5.41) is 0. The van der Waals surface area contributed by atoms with Gasteiger partial charge in [-0.05, 0) is 19.4 Å². The van der Waals surface area contributed by atoms with E-state index in [2.05, 4.69) is 0 Å². The number of allylic oxidation sites excluding steroid dienone is 2. The van der Waals surface area contributed by atoms with E-state index < -0.39 is 0 Å². The summed E-state index contributed by atoms with van der Waals surface area (Å²) in [4.78, 5) is 21.7. The average molecular weight is 154 g/mol. The first-order chi connectivity index (χ1) is 5.20. The Morgan fingerprint density at radius 2 is 2.00 bits per heavy atom. The van der Waals surface area contributed by atoms with Gasteiger partial charge in [0.15, 0.2) is 5.78 Å². The van der Waals surface area contributed by atoms with Crippen LogP contribution in [-0.2, 0) is 9.59 Å². The smallest absolute Gasteiger partial charge is 0.162 e. The van der Waals surface area contributed by atoms with Crippen LogP contribution < -0.4 is 0 Å². The van der Waals surface area contributed by atoms with Crippen LogP contribution in [0.1, 0.15) is 33.1 Å². The largest absolute Gasteiger partial charge is 0.299 e. The van der Waals surface area contributed by atoms with Crippen molar-refractivity contribution in [2.45, 2.75) is 33.1 Å². The Morgan fingerprint density at radius 1 is 1.36 bits per heavy atom. The molecule has 0 aromatic rings. The lowest BCUT2D eigenvalue weighted by atomic mass is 10.1. The third-order valence-electron chi connectivity index (χ3n) is 1.25. The Kier molecular flexibility index (Phi) is 5.35. The second kappa shape index (κ2) is 5.83. The molecule has 0 fully saturated rings. The molecular weight excluding hydrogens is 140 g/mol. The van der Waals surface area contributed by atoms with E-state index in [0.717, 1.165) is 6.42 Å². The highest BCUT2D eigenvalue weighted by atomic mass is 16.1. The van der Waals surface area contributed by atoms with Crippen LogP contribution in [0.2, 0.25) is 0 Å². The summed E-state index contributed by atoms with van der Waals surface area (Å²) in [5.74, 6) is -0.0541. The highest BCUT2D eigenvalue weighted by Gasteiger charge is 2.04. The van der Waals surface area contributed by atoms with Crippen molar-refractivity contribution in [3.8, 4) is 0 Å². The van der Waals surface area contributed by atoms with Gasteiger partial charge in [-0.15, -0.1) is 0 Å². The zero-order valence-electron chi connectivity index (χ0n) is 7.09. The van der Waals surface area contributed by atoms with Gasteiger partial charge in [0.05, 0.1) is 6.42 Å². The zero-order chi connectivity index (χ0) is 8.69. The molecular formula is C9H14O2. The predicted octanol–water partition coefficient (Wildman–Crippen LogP) is 1.89. The lowest BCUT2D eigenvalue weighted by Crippen LogP contribution is -2.04. The number of hydrogen-bond donors (Lipinski definition) is 0. The van der Waals surface area contributed by atoms with Crippen LogP contribution in [-0.4, -0.2) is 11.6 Å². The fraction of sp³-hybridized carbons (Fsp3) is 0.556. The highest BCUT2D eigenvalue weighted by Crippen LogP contribution is 1.95. The van der Waals surface area contributed by atoms with E-state index in [1.54, 1.807) is 13.0 Å². The SMILES string of the molecule is C/C=C/C(=O)CC(=O)CCC. The molecule has 2 nitrogen and oxygen atoms in total. The molecule has 0 bridgehead atoms. The summed E-state index contributed by atoms with van der Waals surface area (Å²) < 4.78 is 0. The van der Waals surface area contributed by atoms with Crippen LogP contribution in [0.5, 0.6) is 0 Å². The van der Waals surface area contributed by atoms with Gasteiger partial charge in [-0.25, -0.2) is 0 Å². The van der Waals surface area contributed by atoms with Crippen molar-refractivity contribution in [3.05, 3.63) is 12.2 Å². The number of Topliss-reactive ketones (excluding diaryl/α,β-unsaturated/α-hetero) is 1. The topological polar surface area (TPSA) is 34.1 Å². The van der Waals surface area contributed by atoms with Crippen LogP contribution in [0.3, 0.4) is 0 Å². The van der Waals surface area contributed by atoms with Crippen LogP contribution >= 0.6 is 0 Å². The van der Waals surface area contributed by atoms with E-state index in [-0.39, 0.29) is 18.0 Å². The quantitative estimate of drug-likeness (QED) is 0.447. The summed E-state index contributed by atoms with van der Waals surface area (Å²) in [6.45, 7) is 3.69. The Bertz CT molecular complexity index is 168. The number of rotatable bonds is 5. The second-order valence-corrected chi connectivity index (χ2v) is 2.43. The van der Waals surface area contributed by atoms with Crippen molar-refractivity contribution >= 4 is 11.6 Å². The van der Waals surface area contributed by atoms with E-state index in [1.165, 1.54) is 6.08 Å². The normalized spacial score (nSPS) is 10.4. The molecule has 0 aromatic heterocycles.